The molecule has 0 saturated carbocycles. The van der Waals surface area contributed by atoms with Crippen molar-refractivity contribution in [2.24, 2.45) is 4.99 Å². The number of amides is 1. The predicted octanol–water partition coefficient (Wildman–Crippen LogP) is 6.32. The molecule has 4 aromatic carbocycles. The van der Waals surface area contributed by atoms with Gasteiger partial charge in [-0.25, -0.2) is 9.38 Å². The van der Waals surface area contributed by atoms with Crippen LogP contribution in [0.1, 0.15) is 33.0 Å². The van der Waals surface area contributed by atoms with Crippen LogP contribution in [0, 0.1) is 5.82 Å². The summed E-state index contributed by atoms with van der Waals surface area (Å²) in [6, 6.07) is 28.4. The summed E-state index contributed by atoms with van der Waals surface area (Å²) in [5.74, 6) is -1.56. The van der Waals surface area contributed by atoms with Gasteiger partial charge in [0.15, 0.2) is 5.78 Å². The second kappa shape index (κ2) is 10.7. The van der Waals surface area contributed by atoms with Crippen LogP contribution in [-0.2, 0) is 4.79 Å². The molecule has 1 unspecified atom stereocenters. The lowest BCUT2D eigenvalue weighted by Crippen LogP contribution is -2.29. The van der Waals surface area contributed by atoms with E-state index < -0.39 is 11.7 Å². The maximum atomic E-state index is 13.5. The second-order valence-electron chi connectivity index (χ2n) is 7.54. The van der Waals surface area contributed by atoms with Crippen LogP contribution < -0.4 is 5.32 Å². The zero-order valence-corrected chi connectivity index (χ0v) is 18.7. The molecule has 0 heterocycles. The number of ketones is 1. The van der Waals surface area contributed by atoms with Gasteiger partial charge < -0.3 is 5.32 Å². The zero-order valence-electron chi connectivity index (χ0n) is 18.0. The van der Waals surface area contributed by atoms with Gasteiger partial charge in [0.25, 0.3) is 0 Å². The molecule has 0 aliphatic carbocycles. The van der Waals surface area contributed by atoms with Crippen molar-refractivity contribution >= 4 is 35.3 Å². The standard InChI is InChI=1S/C28H20ClFN2O2/c29-23-12-16-25(17-13-23)31-18-32-28(34)26(20-10-14-24(30)15-11-20)19-6-8-22(9-7-19)27(33)21-4-2-1-3-5-21/h1-18,26H,(H,31,32,34). The minimum Gasteiger partial charge on any atom is -0.316 e. The fraction of sp³-hybridized carbons (Fsp3) is 0.0357. The quantitative estimate of drug-likeness (QED) is 0.195. The Morgan fingerprint density at radius 1 is 0.765 bits per heavy atom. The zero-order chi connectivity index (χ0) is 23.9. The number of nitrogens with one attached hydrogen (secondary N) is 1. The largest absolute Gasteiger partial charge is 0.316 e. The Morgan fingerprint density at radius 2 is 1.32 bits per heavy atom. The van der Waals surface area contributed by atoms with Crippen molar-refractivity contribution in [3.63, 3.8) is 0 Å². The second-order valence-corrected chi connectivity index (χ2v) is 7.98. The summed E-state index contributed by atoms with van der Waals surface area (Å²) in [6.07, 6.45) is 1.31. The molecule has 1 atom stereocenters. The van der Waals surface area contributed by atoms with Crippen molar-refractivity contribution in [2.45, 2.75) is 5.92 Å². The summed E-state index contributed by atoms with van der Waals surface area (Å²) in [4.78, 5) is 30.1. The number of nitrogens with zero attached hydrogens (tertiary/aromatic N) is 1. The van der Waals surface area contributed by atoms with Crippen LogP contribution in [0.25, 0.3) is 0 Å². The fourth-order valence-electron chi connectivity index (χ4n) is 3.51. The molecule has 0 spiro atoms. The SMILES string of the molecule is O=C(c1ccccc1)c1ccc(C(C(=O)NC=Nc2ccc(Cl)cc2)c2ccc(F)cc2)cc1. The number of hydrogen-bond donors (Lipinski definition) is 1. The van der Waals surface area contributed by atoms with Crippen LogP contribution in [0.3, 0.4) is 0 Å². The van der Waals surface area contributed by atoms with E-state index in [2.05, 4.69) is 10.3 Å². The summed E-state index contributed by atoms with van der Waals surface area (Å²) >= 11 is 5.88. The van der Waals surface area contributed by atoms with Crippen LogP contribution in [0.15, 0.2) is 108 Å². The Morgan fingerprint density at radius 3 is 1.94 bits per heavy atom. The van der Waals surface area contributed by atoms with Crippen LogP contribution in [-0.4, -0.2) is 18.0 Å². The third-order valence-electron chi connectivity index (χ3n) is 5.25. The van der Waals surface area contributed by atoms with E-state index in [4.69, 9.17) is 11.6 Å². The summed E-state index contributed by atoms with van der Waals surface area (Å²) in [5.41, 5.74) is 3.00. The van der Waals surface area contributed by atoms with Gasteiger partial charge in [-0.1, -0.05) is 78.3 Å². The molecule has 0 radical (unpaired) electrons. The van der Waals surface area contributed by atoms with Crippen molar-refractivity contribution in [2.75, 3.05) is 0 Å². The van der Waals surface area contributed by atoms with Crippen LogP contribution in [0.5, 0.6) is 0 Å². The molecule has 4 rings (SSSR count). The molecule has 1 N–H and O–H groups in total. The van der Waals surface area contributed by atoms with Crippen LogP contribution in [0.2, 0.25) is 5.02 Å². The summed E-state index contributed by atoms with van der Waals surface area (Å²) in [5, 5.41) is 3.29. The molecule has 4 aromatic rings. The molecule has 0 saturated heterocycles. The van der Waals surface area contributed by atoms with E-state index >= 15 is 0 Å². The molecule has 34 heavy (non-hydrogen) atoms. The first-order valence-corrected chi connectivity index (χ1v) is 10.9. The van der Waals surface area contributed by atoms with E-state index in [1.807, 2.05) is 18.2 Å². The van der Waals surface area contributed by atoms with E-state index in [0.717, 1.165) is 0 Å². The van der Waals surface area contributed by atoms with Crippen LogP contribution in [0.4, 0.5) is 10.1 Å². The molecule has 0 aliphatic heterocycles. The Bertz CT molecular complexity index is 1300. The first kappa shape index (κ1) is 23.1. The van der Waals surface area contributed by atoms with Crippen molar-refractivity contribution in [3.8, 4) is 0 Å². The molecular formula is C28H20ClFN2O2. The van der Waals surface area contributed by atoms with Gasteiger partial charge in [-0.15, -0.1) is 0 Å². The maximum Gasteiger partial charge on any atom is 0.237 e. The van der Waals surface area contributed by atoms with Gasteiger partial charge in [0.1, 0.15) is 5.82 Å². The monoisotopic (exact) mass is 470 g/mol. The van der Waals surface area contributed by atoms with Gasteiger partial charge in [0.2, 0.25) is 5.91 Å². The Kier molecular flexibility index (Phi) is 7.25. The Balaban J connectivity index is 1.58. The first-order chi connectivity index (χ1) is 16.5. The molecule has 4 nitrogen and oxygen atoms in total. The van der Waals surface area contributed by atoms with Gasteiger partial charge in [0.05, 0.1) is 17.9 Å². The van der Waals surface area contributed by atoms with Crippen LogP contribution >= 0.6 is 11.6 Å². The molecule has 0 bridgehead atoms. The smallest absolute Gasteiger partial charge is 0.237 e. The van der Waals surface area contributed by atoms with E-state index in [1.165, 1.54) is 18.5 Å². The highest BCUT2D eigenvalue weighted by Crippen LogP contribution is 2.26. The number of rotatable bonds is 7. The lowest BCUT2D eigenvalue weighted by molar-refractivity contribution is -0.120. The van der Waals surface area contributed by atoms with Crippen molar-refractivity contribution in [1.29, 1.82) is 0 Å². The van der Waals surface area contributed by atoms with Crippen molar-refractivity contribution in [3.05, 3.63) is 136 Å². The number of carbonyl (C=O) groups is 2. The molecule has 0 aliphatic rings. The lowest BCUT2D eigenvalue weighted by atomic mass is 9.89. The topological polar surface area (TPSA) is 58.5 Å². The molecule has 0 fully saturated rings. The maximum absolute atomic E-state index is 13.5. The molecular weight excluding hydrogens is 451 g/mol. The van der Waals surface area contributed by atoms with Gasteiger partial charge in [0, 0.05) is 16.1 Å². The normalized spacial score (nSPS) is 11.8. The van der Waals surface area contributed by atoms with Crippen molar-refractivity contribution in [1.82, 2.24) is 5.32 Å². The highest BCUT2D eigenvalue weighted by atomic mass is 35.5. The van der Waals surface area contributed by atoms with Gasteiger partial charge >= 0.3 is 0 Å². The van der Waals surface area contributed by atoms with E-state index in [0.29, 0.717) is 33.0 Å². The first-order valence-electron chi connectivity index (χ1n) is 10.5. The highest BCUT2D eigenvalue weighted by Gasteiger charge is 2.23. The summed E-state index contributed by atoms with van der Waals surface area (Å²) in [7, 11) is 0. The third kappa shape index (κ3) is 5.63. The third-order valence-corrected chi connectivity index (χ3v) is 5.51. The van der Waals surface area contributed by atoms with E-state index in [1.54, 1.807) is 72.8 Å². The number of aliphatic imine (C=N–C) groups is 1. The Hall–Kier alpha value is -4.09. The average Bonchev–Trinajstić information content (AvgIpc) is 2.87. The summed E-state index contributed by atoms with van der Waals surface area (Å²) < 4.78 is 13.5. The minimum atomic E-state index is -0.724. The van der Waals surface area contributed by atoms with Gasteiger partial charge in [-0.3, -0.25) is 9.59 Å². The molecule has 1 amide bonds. The minimum absolute atomic E-state index is 0.106. The highest BCUT2D eigenvalue weighted by molar-refractivity contribution is 6.30. The molecule has 6 heteroatoms. The van der Waals surface area contributed by atoms with E-state index in [-0.39, 0.29) is 11.7 Å². The van der Waals surface area contributed by atoms with Crippen molar-refractivity contribution < 1.29 is 14.0 Å². The number of halogens is 2. The molecule has 168 valence electrons. The van der Waals surface area contributed by atoms with Gasteiger partial charge in [-0.2, -0.15) is 0 Å². The molecule has 0 aromatic heterocycles. The predicted molar refractivity (Wildman–Crippen MR) is 132 cm³/mol. The Labute approximate surface area is 201 Å². The fourth-order valence-corrected chi connectivity index (χ4v) is 3.64. The van der Waals surface area contributed by atoms with E-state index in [9.17, 15) is 14.0 Å². The number of hydrogen-bond acceptors (Lipinski definition) is 3. The average molecular weight is 471 g/mol. The lowest BCUT2D eigenvalue weighted by Gasteiger charge is -2.17. The van der Waals surface area contributed by atoms with Gasteiger partial charge in [-0.05, 0) is 47.5 Å². The number of benzene rings is 4. The number of carbonyl (C=O) groups excluding carboxylic acids is 2. The summed E-state index contributed by atoms with van der Waals surface area (Å²) in [6.45, 7) is 0.